The quantitative estimate of drug-likeness (QED) is 0.508. The Hall–Kier alpha value is -1.91. The van der Waals surface area contributed by atoms with Gasteiger partial charge in [0, 0.05) is 40.9 Å². The predicted molar refractivity (Wildman–Crippen MR) is 134 cm³/mol. The third kappa shape index (κ3) is 5.12. The lowest BCUT2D eigenvalue weighted by Crippen LogP contribution is -2.44. The van der Waals surface area contributed by atoms with Crippen LogP contribution in [0, 0.1) is 5.92 Å². The lowest BCUT2D eigenvalue weighted by atomic mass is 9.98. The molecule has 11 heteroatoms. The summed E-state index contributed by atoms with van der Waals surface area (Å²) in [7, 11) is -3.71. The van der Waals surface area contributed by atoms with Gasteiger partial charge >= 0.3 is 4.87 Å². The van der Waals surface area contributed by atoms with Crippen molar-refractivity contribution in [1.82, 2.24) is 8.87 Å². The van der Waals surface area contributed by atoms with Gasteiger partial charge in [0.2, 0.25) is 15.9 Å². The first-order valence-electron chi connectivity index (χ1n) is 10.5. The van der Waals surface area contributed by atoms with Crippen LogP contribution in [-0.4, -0.2) is 36.3 Å². The van der Waals surface area contributed by atoms with E-state index in [-0.39, 0.29) is 23.1 Å². The van der Waals surface area contributed by atoms with Crippen LogP contribution >= 0.6 is 34.5 Å². The van der Waals surface area contributed by atoms with Crippen molar-refractivity contribution >= 4 is 66.4 Å². The molecule has 1 aliphatic rings. The first kappa shape index (κ1) is 24.2. The Labute approximate surface area is 206 Å². The van der Waals surface area contributed by atoms with Crippen LogP contribution in [0.25, 0.3) is 10.2 Å². The summed E-state index contributed by atoms with van der Waals surface area (Å²) in [6.45, 7) is 2.93. The molecule has 0 bridgehead atoms. The van der Waals surface area contributed by atoms with E-state index < -0.39 is 15.9 Å². The molecule has 1 aliphatic heterocycles. The van der Waals surface area contributed by atoms with Gasteiger partial charge < -0.3 is 5.32 Å². The van der Waals surface area contributed by atoms with Gasteiger partial charge in [0.25, 0.3) is 0 Å². The number of halogens is 2. The van der Waals surface area contributed by atoms with Crippen molar-refractivity contribution in [2.45, 2.75) is 32.1 Å². The summed E-state index contributed by atoms with van der Waals surface area (Å²) >= 11 is 13.4. The Balaban J connectivity index is 1.47. The van der Waals surface area contributed by atoms with Crippen molar-refractivity contribution in [1.29, 1.82) is 0 Å². The summed E-state index contributed by atoms with van der Waals surface area (Å²) in [4.78, 5) is 25.0. The van der Waals surface area contributed by atoms with E-state index in [0.717, 1.165) is 21.6 Å². The molecule has 0 radical (unpaired) electrons. The molecule has 1 aromatic heterocycles. The molecule has 2 heterocycles. The van der Waals surface area contributed by atoms with E-state index in [1.807, 2.05) is 13.0 Å². The number of aryl methyl sites for hydroxylation is 1. The van der Waals surface area contributed by atoms with Gasteiger partial charge in [-0.25, -0.2) is 12.7 Å². The SMILES string of the molecule is CCn1c(=O)sc2cc(NC(=O)[C@H]3CCCN(S(=O)(=O)Cc4c(Cl)cccc4Cl)C3)ccc21. The largest absolute Gasteiger partial charge is 0.326 e. The molecular weight excluding hydrogens is 505 g/mol. The minimum absolute atomic E-state index is 0.0391. The van der Waals surface area contributed by atoms with Gasteiger partial charge in [-0.15, -0.1) is 0 Å². The molecule has 0 saturated carbocycles. The first-order valence-corrected chi connectivity index (χ1v) is 13.7. The minimum Gasteiger partial charge on any atom is -0.326 e. The average Bonchev–Trinajstić information content (AvgIpc) is 3.10. The van der Waals surface area contributed by atoms with Gasteiger partial charge in [-0.3, -0.25) is 14.2 Å². The van der Waals surface area contributed by atoms with Crippen molar-refractivity contribution < 1.29 is 13.2 Å². The van der Waals surface area contributed by atoms with Crippen molar-refractivity contribution in [3.8, 4) is 0 Å². The van der Waals surface area contributed by atoms with Crippen LogP contribution in [0.2, 0.25) is 10.0 Å². The highest BCUT2D eigenvalue weighted by Crippen LogP contribution is 2.29. The molecule has 0 spiro atoms. The van der Waals surface area contributed by atoms with Crippen LogP contribution < -0.4 is 10.2 Å². The molecule has 4 rings (SSSR count). The number of nitrogens with one attached hydrogen (secondary N) is 1. The Morgan fingerprint density at radius 1 is 1.21 bits per heavy atom. The zero-order chi connectivity index (χ0) is 23.8. The van der Waals surface area contributed by atoms with Gasteiger partial charge in [-0.05, 0) is 50.1 Å². The predicted octanol–water partition coefficient (Wildman–Crippen LogP) is 4.57. The Kier molecular flexibility index (Phi) is 7.16. The highest BCUT2D eigenvalue weighted by molar-refractivity contribution is 7.88. The van der Waals surface area contributed by atoms with Gasteiger partial charge in [0.05, 0.1) is 21.9 Å². The third-order valence-corrected chi connectivity index (χ3v) is 9.21. The van der Waals surface area contributed by atoms with E-state index >= 15 is 0 Å². The number of thiazole rings is 1. The van der Waals surface area contributed by atoms with E-state index in [2.05, 4.69) is 5.32 Å². The lowest BCUT2D eigenvalue weighted by Gasteiger charge is -2.31. The fourth-order valence-corrected chi connectivity index (χ4v) is 7.40. The van der Waals surface area contributed by atoms with E-state index in [4.69, 9.17) is 23.2 Å². The molecule has 1 atom stereocenters. The number of hydrogen-bond acceptors (Lipinski definition) is 5. The molecule has 3 aromatic rings. The zero-order valence-corrected chi connectivity index (χ0v) is 21.0. The van der Waals surface area contributed by atoms with Gasteiger partial charge in [-0.1, -0.05) is 40.6 Å². The number of sulfonamides is 1. The summed E-state index contributed by atoms with van der Waals surface area (Å²) < 4.78 is 29.9. The summed E-state index contributed by atoms with van der Waals surface area (Å²) in [5.41, 5.74) is 1.78. The van der Waals surface area contributed by atoms with Crippen molar-refractivity contribution in [3.63, 3.8) is 0 Å². The Morgan fingerprint density at radius 2 is 1.94 bits per heavy atom. The molecule has 1 N–H and O–H groups in total. The number of anilines is 1. The molecule has 33 heavy (non-hydrogen) atoms. The van der Waals surface area contributed by atoms with Crippen molar-refractivity contribution in [2.75, 3.05) is 18.4 Å². The topological polar surface area (TPSA) is 88.5 Å². The number of carbonyl (C=O) groups excluding carboxylic acids is 1. The number of piperidine rings is 1. The second-order valence-electron chi connectivity index (χ2n) is 7.94. The lowest BCUT2D eigenvalue weighted by molar-refractivity contribution is -0.120. The van der Waals surface area contributed by atoms with E-state index in [1.54, 1.807) is 34.9 Å². The number of hydrogen-bond donors (Lipinski definition) is 1. The highest BCUT2D eigenvalue weighted by atomic mass is 35.5. The smallest absolute Gasteiger partial charge is 0.308 e. The number of amides is 1. The maximum atomic E-state index is 13.0. The summed E-state index contributed by atoms with van der Waals surface area (Å²) in [6.07, 6.45) is 1.17. The van der Waals surface area contributed by atoms with Crippen LogP contribution in [0.4, 0.5) is 5.69 Å². The van der Waals surface area contributed by atoms with Crippen molar-refractivity contribution in [3.05, 3.63) is 61.7 Å². The molecule has 7 nitrogen and oxygen atoms in total. The summed E-state index contributed by atoms with van der Waals surface area (Å²) in [5.74, 6) is -1.04. The number of aromatic nitrogens is 1. The van der Waals surface area contributed by atoms with Crippen molar-refractivity contribution in [2.24, 2.45) is 5.92 Å². The number of carbonyl (C=O) groups is 1. The third-order valence-electron chi connectivity index (χ3n) is 5.79. The average molecular weight is 528 g/mol. The minimum atomic E-state index is -3.71. The van der Waals surface area contributed by atoms with Crippen LogP contribution in [0.5, 0.6) is 0 Å². The second kappa shape index (κ2) is 9.76. The molecule has 1 fully saturated rings. The van der Waals surface area contributed by atoms with E-state index in [0.29, 0.717) is 47.2 Å². The van der Waals surface area contributed by atoms with E-state index in [9.17, 15) is 18.0 Å². The number of benzene rings is 2. The van der Waals surface area contributed by atoms with Gasteiger partial charge in [-0.2, -0.15) is 0 Å². The highest BCUT2D eigenvalue weighted by Gasteiger charge is 2.33. The monoisotopic (exact) mass is 527 g/mol. The number of rotatable bonds is 6. The van der Waals surface area contributed by atoms with E-state index in [1.165, 1.54) is 4.31 Å². The molecule has 1 amide bonds. The summed E-state index contributed by atoms with van der Waals surface area (Å²) in [5, 5.41) is 3.48. The Morgan fingerprint density at radius 3 is 2.64 bits per heavy atom. The second-order valence-corrected chi connectivity index (χ2v) is 11.7. The standard InChI is InChI=1S/C22H23Cl2N3O4S2/c1-2-27-19-9-8-15(11-20(19)32-22(27)29)25-21(28)14-5-4-10-26(12-14)33(30,31)13-16-17(23)6-3-7-18(16)24/h3,6-9,11,14H,2,4-5,10,12-13H2,1H3,(H,25,28)/t14-/m0/s1. The van der Waals surface area contributed by atoms with Crippen LogP contribution in [0.15, 0.2) is 41.2 Å². The summed E-state index contributed by atoms with van der Waals surface area (Å²) in [6, 6.07) is 10.2. The fourth-order valence-electron chi connectivity index (χ4n) is 4.04. The van der Waals surface area contributed by atoms with Crippen LogP contribution in [0.3, 0.4) is 0 Å². The molecule has 0 unspecified atom stereocenters. The van der Waals surface area contributed by atoms with Crippen LogP contribution in [0.1, 0.15) is 25.3 Å². The van der Waals surface area contributed by atoms with Gasteiger partial charge in [0.15, 0.2) is 0 Å². The molecule has 2 aromatic carbocycles. The first-order chi connectivity index (χ1) is 15.7. The maximum Gasteiger partial charge on any atom is 0.308 e. The van der Waals surface area contributed by atoms with Gasteiger partial charge in [0.1, 0.15) is 0 Å². The molecule has 176 valence electrons. The fraction of sp³-hybridized carbons (Fsp3) is 0.364. The normalized spacial score (nSPS) is 17.4. The molecule has 1 saturated heterocycles. The van der Waals surface area contributed by atoms with Crippen LogP contribution in [-0.2, 0) is 27.1 Å². The zero-order valence-electron chi connectivity index (χ0n) is 17.9. The Bertz CT molecular complexity index is 1350. The molecular formula is C22H23Cl2N3O4S2. The molecule has 0 aliphatic carbocycles. The maximum absolute atomic E-state index is 13.0. The number of nitrogens with zero attached hydrogens (tertiary/aromatic N) is 2. The number of fused-ring (bicyclic) bond motifs is 1.